The van der Waals surface area contributed by atoms with Gasteiger partial charge in [0, 0.05) is 32.0 Å². The predicted molar refractivity (Wildman–Crippen MR) is 92.9 cm³/mol. The van der Waals surface area contributed by atoms with E-state index in [0.717, 1.165) is 31.7 Å². The molecule has 0 bridgehead atoms. The molecule has 0 saturated carbocycles. The molecule has 24 heavy (non-hydrogen) atoms. The smallest absolute Gasteiger partial charge is 0.289 e. The Labute approximate surface area is 145 Å². The average Bonchev–Trinajstić information content (AvgIpc) is 2.58. The number of aryl methyl sites for hydroxylation is 1. The van der Waals surface area contributed by atoms with E-state index in [0.29, 0.717) is 10.8 Å². The summed E-state index contributed by atoms with van der Waals surface area (Å²) in [5.41, 5.74) is 1.11. The van der Waals surface area contributed by atoms with Crippen LogP contribution in [-0.2, 0) is 0 Å². The number of halogens is 1. The number of ether oxygens (including phenoxy) is 1. The number of rotatable bonds is 4. The molecule has 1 fully saturated rings. The van der Waals surface area contributed by atoms with Gasteiger partial charge in [0.15, 0.2) is 0 Å². The third-order valence-electron chi connectivity index (χ3n) is 4.08. The quantitative estimate of drug-likeness (QED) is 0.617. The Kier molecular flexibility index (Phi) is 4.85. The van der Waals surface area contributed by atoms with E-state index in [2.05, 4.69) is 4.98 Å². The zero-order valence-electron chi connectivity index (χ0n) is 13.3. The number of nitro groups is 1. The van der Waals surface area contributed by atoms with Gasteiger partial charge in [-0.1, -0.05) is 29.3 Å². The van der Waals surface area contributed by atoms with Crippen molar-refractivity contribution in [3.05, 3.63) is 57.2 Å². The second-order valence-electron chi connectivity index (χ2n) is 5.87. The molecular formula is C17H18ClN3O3. The number of hydrogen-bond donors (Lipinski definition) is 0. The van der Waals surface area contributed by atoms with Crippen LogP contribution in [0.15, 0.2) is 36.5 Å². The first kappa shape index (κ1) is 16.5. The first-order valence-electron chi connectivity index (χ1n) is 7.81. The van der Waals surface area contributed by atoms with E-state index < -0.39 is 4.92 Å². The normalized spacial score (nSPS) is 15.3. The molecule has 0 N–H and O–H groups in total. The maximum absolute atomic E-state index is 10.8. The summed E-state index contributed by atoms with van der Waals surface area (Å²) in [5, 5.41) is 11.1. The minimum Gasteiger partial charge on any atom is -0.490 e. The lowest BCUT2D eigenvalue weighted by atomic mass is 10.1. The second kappa shape index (κ2) is 7.05. The van der Waals surface area contributed by atoms with Gasteiger partial charge in [-0.2, -0.15) is 0 Å². The summed E-state index contributed by atoms with van der Waals surface area (Å²) >= 11 is 6.15. The van der Waals surface area contributed by atoms with Crippen molar-refractivity contribution in [1.29, 1.82) is 0 Å². The highest BCUT2D eigenvalue weighted by Crippen LogP contribution is 2.29. The molecule has 126 valence electrons. The highest BCUT2D eigenvalue weighted by Gasteiger charge is 2.24. The molecule has 0 aliphatic carbocycles. The Balaban J connectivity index is 1.60. The molecule has 0 atom stereocenters. The number of aromatic nitrogens is 1. The Morgan fingerprint density at radius 3 is 2.54 bits per heavy atom. The Bertz CT molecular complexity index is 728. The number of pyridine rings is 1. The summed E-state index contributed by atoms with van der Waals surface area (Å²) in [6.45, 7) is 3.55. The predicted octanol–water partition coefficient (Wildman–Crippen LogP) is 4.00. The molecule has 2 aromatic rings. The molecule has 6 nitrogen and oxygen atoms in total. The molecule has 1 aromatic carbocycles. The molecule has 1 saturated heterocycles. The van der Waals surface area contributed by atoms with Crippen molar-refractivity contribution >= 4 is 23.1 Å². The maximum atomic E-state index is 10.8. The maximum Gasteiger partial charge on any atom is 0.289 e. The van der Waals surface area contributed by atoms with Gasteiger partial charge >= 0.3 is 0 Å². The molecule has 3 rings (SSSR count). The van der Waals surface area contributed by atoms with Gasteiger partial charge in [-0.25, -0.2) is 4.98 Å². The van der Waals surface area contributed by atoms with E-state index in [1.807, 2.05) is 36.1 Å². The lowest BCUT2D eigenvalue weighted by molar-refractivity contribution is -0.385. The van der Waals surface area contributed by atoms with Gasteiger partial charge in [0.05, 0.1) is 9.95 Å². The minimum atomic E-state index is -0.496. The molecule has 1 aliphatic heterocycles. The van der Waals surface area contributed by atoms with E-state index in [1.54, 1.807) is 0 Å². The minimum absolute atomic E-state index is 0.0960. The van der Waals surface area contributed by atoms with Crippen LogP contribution in [0.2, 0.25) is 5.02 Å². The van der Waals surface area contributed by atoms with Crippen molar-refractivity contribution in [1.82, 2.24) is 4.98 Å². The molecule has 0 spiro atoms. The summed E-state index contributed by atoms with van der Waals surface area (Å²) in [4.78, 5) is 16.5. The van der Waals surface area contributed by atoms with Crippen molar-refractivity contribution in [3.63, 3.8) is 0 Å². The summed E-state index contributed by atoms with van der Waals surface area (Å²) in [6.07, 6.45) is 3.10. The number of anilines is 1. The fourth-order valence-electron chi connectivity index (χ4n) is 2.75. The number of benzene rings is 1. The van der Waals surface area contributed by atoms with E-state index in [-0.39, 0.29) is 11.8 Å². The van der Waals surface area contributed by atoms with Crippen LogP contribution in [0.5, 0.6) is 5.75 Å². The molecule has 2 heterocycles. The second-order valence-corrected chi connectivity index (χ2v) is 6.28. The van der Waals surface area contributed by atoms with Crippen molar-refractivity contribution < 1.29 is 9.66 Å². The summed E-state index contributed by atoms with van der Waals surface area (Å²) < 4.78 is 6.01. The third kappa shape index (κ3) is 3.76. The van der Waals surface area contributed by atoms with Crippen LogP contribution in [0.25, 0.3) is 0 Å². The lowest BCUT2D eigenvalue weighted by Gasteiger charge is -2.33. The lowest BCUT2D eigenvalue weighted by Crippen LogP contribution is -2.38. The highest BCUT2D eigenvalue weighted by molar-refractivity contribution is 6.33. The molecular weight excluding hydrogens is 330 g/mol. The van der Waals surface area contributed by atoms with E-state index in [4.69, 9.17) is 16.3 Å². The average molecular weight is 348 g/mol. The zero-order valence-corrected chi connectivity index (χ0v) is 14.1. The van der Waals surface area contributed by atoms with Gasteiger partial charge in [0.2, 0.25) is 0 Å². The monoisotopic (exact) mass is 347 g/mol. The molecule has 0 unspecified atom stereocenters. The van der Waals surface area contributed by atoms with Gasteiger partial charge in [0.25, 0.3) is 5.69 Å². The van der Waals surface area contributed by atoms with E-state index in [1.165, 1.54) is 17.8 Å². The Hall–Kier alpha value is -2.34. The standard InChI is InChI=1S/C17H18ClN3O3/c1-12-2-4-14(5-3-12)24-15-6-8-20(9-7-15)17-16(18)10-13(11-19-17)21(22)23/h2-5,10-11,15H,6-9H2,1H3. The van der Waals surface area contributed by atoms with E-state index in [9.17, 15) is 10.1 Å². The summed E-state index contributed by atoms with van der Waals surface area (Å²) in [6, 6.07) is 9.38. The van der Waals surface area contributed by atoms with E-state index >= 15 is 0 Å². The molecule has 1 aliphatic rings. The van der Waals surface area contributed by atoms with Crippen molar-refractivity contribution in [2.45, 2.75) is 25.9 Å². The molecule has 7 heteroatoms. The summed E-state index contributed by atoms with van der Waals surface area (Å²) in [7, 11) is 0. The van der Waals surface area contributed by atoms with Gasteiger partial charge in [-0.15, -0.1) is 0 Å². The molecule has 0 amide bonds. The third-order valence-corrected chi connectivity index (χ3v) is 4.36. The molecule has 1 aromatic heterocycles. The van der Waals surface area contributed by atoms with Gasteiger partial charge in [0.1, 0.15) is 23.9 Å². The van der Waals surface area contributed by atoms with Crippen LogP contribution in [-0.4, -0.2) is 29.1 Å². The molecule has 0 radical (unpaired) electrons. The number of nitrogens with zero attached hydrogens (tertiary/aromatic N) is 3. The topological polar surface area (TPSA) is 68.5 Å². The van der Waals surface area contributed by atoms with Crippen LogP contribution in [0.1, 0.15) is 18.4 Å². The number of piperidine rings is 1. The highest BCUT2D eigenvalue weighted by atomic mass is 35.5. The van der Waals surface area contributed by atoms with Crippen LogP contribution in [0, 0.1) is 17.0 Å². The Morgan fingerprint density at radius 2 is 1.96 bits per heavy atom. The largest absolute Gasteiger partial charge is 0.490 e. The Morgan fingerprint density at radius 1 is 1.29 bits per heavy atom. The van der Waals surface area contributed by atoms with Crippen molar-refractivity contribution in [3.8, 4) is 5.75 Å². The van der Waals surface area contributed by atoms with Gasteiger partial charge in [-0.05, 0) is 19.1 Å². The van der Waals surface area contributed by atoms with Crippen molar-refractivity contribution in [2.75, 3.05) is 18.0 Å². The van der Waals surface area contributed by atoms with Crippen LogP contribution >= 0.6 is 11.6 Å². The first-order valence-corrected chi connectivity index (χ1v) is 8.19. The van der Waals surface area contributed by atoms with Crippen LogP contribution in [0.4, 0.5) is 11.5 Å². The number of hydrogen-bond acceptors (Lipinski definition) is 5. The fraction of sp³-hybridized carbons (Fsp3) is 0.353. The van der Waals surface area contributed by atoms with Gasteiger partial charge in [-0.3, -0.25) is 10.1 Å². The zero-order chi connectivity index (χ0) is 17.1. The van der Waals surface area contributed by atoms with Crippen LogP contribution in [0.3, 0.4) is 0 Å². The fourth-order valence-corrected chi connectivity index (χ4v) is 3.03. The van der Waals surface area contributed by atoms with Gasteiger partial charge < -0.3 is 9.64 Å². The SMILES string of the molecule is Cc1ccc(OC2CCN(c3ncc([N+](=O)[O-])cc3Cl)CC2)cc1. The first-order chi connectivity index (χ1) is 11.5. The van der Waals surface area contributed by atoms with Crippen LogP contribution < -0.4 is 9.64 Å². The summed E-state index contributed by atoms with van der Waals surface area (Å²) in [5.74, 6) is 1.47. The van der Waals surface area contributed by atoms with Crippen molar-refractivity contribution in [2.24, 2.45) is 0 Å².